The summed E-state index contributed by atoms with van der Waals surface area (Å²) in [5.74, 6) is 0.159. The fourth-order valence-electron chi connectivity index (χ4n) is 1.30. The van der Waals surface area contributed by atoms with Crippen LogP contribution >= 0.6 is 0 Å². The van der Waals surface area contributed by atoms with Gasteiger partial charge in [0.1, 0.15) is 5.72 Å². The summed E-state index contributed by atoms with van der Waals surface area (Å²) in [5.41, 5.74) is -1.02. The second-order valence-electron chi connectivity index (χ2n) is 3.26. The van der Waals surface area contributed by atoms with Gasteiger partial charge in [0.2, 0.25) is 0 Å². The summed E-state index contributed by atoms with van der Waals surface area (Å²) in [4.78, 5) is 0. The van der Waals surface area contributed by atoms with Gasteiger partial charge in [0, 0.05) is 12.5 Å². The van der Waals surface area contributed by atoms with Gasteiger partial charge in [0.05, 0.1) is 0 Å². The lowest BCUT2D eigenvalue weighted by Gasteiger charge is -2.40. The predicted octanol–water partition coefficient (Wildman–Crippen LogP) is 0.816. The van der Waals surface area contributed by atoms with E-state index >= 15 is 0 Å². The zero-order valence-corrected chi connectivity index (χ0v) is 6.54. The van der Waals surface area contributed by atoms with Crippen LogP contribution in [-0.2, 0) is 0 Å². The van der Waals surface area contributed by atoms with Crippen LogP contribution in [0.15, 0.2) is 0 Å². The average molecular weight is 145 g/mol. The molecule has 1 heterocycles. The van der Waals surface area contributed by atoms with Crippen LogP contribution in [-0.4, -0.2) is 27.6 Å². The third kappa shape index (κ3) is 1.17. The molecule has 60 valence electrons. The molecular weight excluding hydrogens is 130 g/mol. The lowest BCUT2D eigenvalue weighted by atomic mass is 9.90. The van der Waals surface area contributed by atoms with Crippen molar-refractivity contribution in [1.82, 2.24) is 5.06 Å². The monoisotopic (exact) mass is 145 g/mol. The van der Waals surface area contributed by atoms with Crippen LogP contribution in [0.25, 0.3) is 0 Å². The molecule has 1 fully saturated rings. The average Bonchev–Trinajstić information content (AvgIpc) is 1.84. The standard InChI is InChI=1S/C7H15NO2/c1-6-4-3-5-8(10)7(6,2)9/h6,9-10H,3-5H2,1-2H3. The van der Waals surface area contributed by atoms with Crippen molar-refractivity contribution < 1.29 is 10.3 Å². The normalized spacial score (nSPS) is 43.8. The fraction of sp³-hybridized carbons (Fsp3) is 1.00. The summed E-state index contributed by atoms with van der Waals surface area (Å²) in [6, 6.07) is 0. The Morgan fingerprint density at radius 1 is 1.60 bits per heavy atom. The summed E-state index contributed by atoms with van der Waals surface area (Å²) >= 11 is 0. The summed E-state index contributed by atoms with van der Waals surface area (Å²) < 4.78 is 0. The number of rotatable bonds is 0. The molecule has 10 heavy (non-hydrogen) atoms. The molecule has 2 unspecified atom stereocenters. The molecule has 0 saturated carbocycles. The van der Waals surface area contributed by atoms with Crippen molar-refractivity contribution in [1.29, 1.82) is 0 Å². The Balaban J connectivity index is 2.63. The van der Waals surface area contributed by atoms with Crippen molar-refractivity contribution in [2.75, 3.05) is 6.54 Å². The Morgan fingerprint density at radius 3 is 2.60 bits per heavy atom. The second-order valence-corrected chi connectivity index (χ2v) is 3.26. The van der Waals surface area contributed by atoms with E-state index < -0.39 is 5.72 Å². The van der Waals surface area contributed by atoms with E-state index in [0.717, 1.165) is 17.9 Å². The smallest absolute Gasteiger partial charge is 0.140 e. The van der Waals surface area contributed by atoms with Gasteiger partial charge >= 0.3 is 0 Å². The van der Waals surface area contributed by atoms with E-state index in [4.69, 9.17) is 0 Å². The minimum absolute atomic E-state index is 0.159. The quantitative estimate of drug-likeness (QED) is 0.530. The molecule has 0 aromatic carbocycles. The predicted molar refractivity (Wildman–Crippen MR) is 37.5 cm³/mol. The van der Waals surface area contributed by atoms with E-state index in [1.807, 2.05) is 6.92 Å². The van der Waals surface area contributed by atoms with Gasteiger partial charge in [-0.3, -0.25) is 0 Å². The summed E-state index contributed by atoms with van der Waals surface area (Å²) in [7, 11) is 0. The third-order valence-electron chi connectivity index (χ3n) is 2.46. The van der Waals surface area contributed by atoms with Crippen LogP contribution in [0.3, 0.4) is 0 Å². The molecule has 2 atom stereocenters. The molecule has 0 amide bonds. The molecule has 0 radical (unpaired) electrons. The molecular formula is C7H15NO2. The first kappa shape index (κ1) is 7.98. The van der Waals surface area contributed by atoms with Crippen LogP contribution in [0, 0.1) is 5.92 Å². The lowest BCUT2D eigenvalue weighted by Crippen LogP contribution is -2.52. The highest BCUT2D eigenvalue weighted by molar-refractivity contribution is 4.79. The van der Waals surface area contributed by atoms with Gasteiger partial charge < -0.3 is 10.3 Å². The van der Waals surface area contributed by atoms with Crippen LogP contribution in [0.1, 0.15) is 26.7 Å². The van der Waals surface area contributed by atoms with E-state index in [2.05, 4.69) is 0 Å². The van der Waals surface area contributed by atoms with E-state index in [-0.39, 0.29) is 5.92 Å². The summed E-state index contributed by atoms with van der Waals surface area (Å²) in [6.07, 6.45) is 1.96. The Labute approximate surface area is 61.2 Å². The van der Waals surface area contributed by atoms with E-state index in [9.17, 15) is 10.3 Å². The molecule has 1 aliphatic rings. The zero-order chi connectivity index (χ0) is 7.78. The number of nitrogens with zero attached hydrogens (tertiary/aromatic N) is 1. The second kappa shape index (κ2) is 2.49. The third-order valence-corrected chi connectivity index (χ3v) is 2.46. The van der Waals surface area contributed by atoms with Crippen molar-refractivity contribution in [3.63, 3.8) is 0 Å². The maximum Gasteiger partial charge on any atom is 0.140 e. The van der Waals surface area contributed by atoms with E-state index in [0.29, 0.717) is 6.54 Å². The highest BCUT2D eigenvalue weighted by Gasteiger charge is 2.37. The van der Waals surface area contributed by atoms with Gasteiger partial charge in [0.25, 0.3) is 0 Å². The van der Waals surface area contributed by atoms with Crippen LogP contribution < -0.4 is 0 Å². The lowest BCUT2D eigenvalue weighted by molar-refractivity contribution is -0.288. The summed E-state index contributed by atoms with van der Waals surface area (Å²) in [6.45, 7) is 4.18. The molecule has 0 aromatic rings. The molecule has 3 heteroatoms. The van der Waals surface area contributed by atoms with Gasteiger partial charge in [-0.1, -0.05) is 6.92 Å². The van der Waals surface area contributed by atoms with Gasteiger partial charge in [-0.15, -0.1) is 0 Å². The number of piperidine rings is 1. The maximum atomic E-state index is 9.59. The van der Waals surface area contributed by atoms with E-state index in [1.54, 1.807) is 6.92 Å². The van der Waals surface area contributed by atoms with Crippen molar-refractivity contribution in [3.8, 4) is 0 Å². The SMILES string of the molecule is CC1CCCN(O)C1(C)O. The Morgan fingerprint density at radius 2 is 2.20 bits per heavy atom. The molecule has 0 aromatic heterocycles. The Kier molecular flexibility index (Phi) is 1.99. The Hall–Kier alpha value is -0.120. The topological polar surface area (TPSA) is 43.7 Å². The van der Waals surface area contributed by atoms with Crippen molar-refractivity contribution >= 4 is 0 Å². The molecule has 1 rings (SSSR count). The molecule has 3 nitrogen and oxygen atoms in total. The number of aliphatic hydroxyl groups is 1. The zero-order valence-electron chi connectivity index (χ0n) is 6.54. The first-order valence-corrected chi connectivity index (χ1v) is 3.74. The molecule has 0 spiro atoms. The number of hydroxylamine groups is 2. The van der Waals surface area contributed by atoms with Gasteiger partial charge in [-0.05, 0) is 19.8 Å². The molecule has 0 bridgehead atoms. The number of hydrogen-bond donors (Lipinski definition) is 2. The van der Waals surface area contributed by atoms with Crippen LogP contribution in [0.4, 0.5) is 0 Å². The fourth-order valence-corrected chi connectivity index (χ4v) is 1.30. The first-order chi connectivity index (χ1) is 4.55. The van der Waals surface area contributed by atoms with Gasteiger partial charge in [-0.2, -0.15) is 5.06 Å². The minimum Gasteiger partial charge on any atom is -0.374 e. The van der Waals surface area contributed by atoms with Crippen molar-refractivity contribution in [2.24, 2.45) is 5.92 Å². The highest BCUT2D eigenvalue weighted by Crippen LogP contribution is 2.28. The first-order valence-electron chi connectivity index (χ1n) is 3.74. The van der Waals surface area contributed by atoms with Gasteiger partial charge in [-0.25, -0.2) is 0 Å². The summed E-state index contributed by atoms with van der Waals surface area (Å²) in [5, 5.41) is 19.8. The van der Waals surface area contributed by atoms with Crippen LogP contribution in [0.2, 0.25) is 0 Å². The van der Waals surface area contributed by atoms with E-state index in [1.165, 1.54) is 0 Å². The molecule has 0 aliphatic carbocycles. The maximum absolute atomic E-state index is 9.59. The van der Waals surface area contributed by atoms with Crippen molar-refractivity contribution in [2.45, 2.75) is 32.4 Å². The molecule has 1 aliphatic heterocycles. The van der Waals surface area contributed by atoms with Gasteiger partial charge in [0.15, 0.2) is 0 Å². The number of hydrogen-bond acceptors (Lipinski definition) is 3. The largest absolute Gasteiger partial charge is 0.374 e. The molecule has 1 saturated heterocycles. The highest BCUT2D eigenvalue weighted by atomic mass is 16.5. The molecule has 2 N–H and O–H groups in total. The van der Waals surface area contributed by atoms with Crippen LogP contribution in [0.5, 0.6) is 0 Å². The minimum atomic E-state index is -1.02. The Bertz CT molecular complexity index is 113. The van der Waals surface area contributed by atoms with Crippen molar-refractivity contribution in [3.05, 3.63) is 0 Å².